The first-order chi connectivity index (χ1) is 11.9. The summed E-state index contributed by atoms with van der Waals surface area (Å²) in [6, 6.07) is 9.04. The van der Waals surface area contributed by atoms with Crippen molar-refractivity contribution in [1.82, 2.24) is 14.9 Å². The highest BCUT2D eigenvalue weighted by atomic mass is 35.5. The van der Waals surface area contributed by atoms with Gasteiger partial charge in [0.2, 0.25) is 5.95 Å². The summed E-state index contributed by atoms with van der Waals surface area (Å²) in [7, 11) is 3.93. The number of hydrogen-bond acceptors (Lipinski definition) is 5. The number of halogens is 1. The molecule has 1 aromatic carbocycles. The fraction of sp³-hybridized carbons (Fsp3) is 0.389. The number of piperazine rings is 1. The fourth-order valence-electron chi connectivity index (χ4n) is 2.82. The number of benzene rings is 1. The SMILES string of the molecule is Cc1cc(N(C)C)nc(N2CCN(C(=O)c3cccc(Cl)c3)CC2)n1. The van der Waals surface area contributed by atoms with E-state index in [4.69, 9.17) is 11.6 Å². The minimum atomic E-state index is 0.0151. The lowest BCUT2D eigenvalue weighted by atomic mass is 10.2. The zero-order valence-electron chi connectivity index (χ0n) is 14.7. The number of aromatic nitrogens is 2. The number of carbonyl (C=O) groups is 1. The topological polar surface area (TPSA) is 52.6 Å². The maximum atomic E-state index is 12.6. The predicted molar refractivity (Wildman–Crippen MR) is 101 cm³/mol. The van der Waals surface area contributed by atoms with Gasteiger partial charge in [0.1, 0.15) is 5.82 Å². The Morgan fingerprint density at radius 1 is 1.12 bits per heavy atom. The molecule has 1 amide bonds. The molecule has 2 aromatic rings. The van der Waals surface area contributed by atoms with Gasteiger partial charge >= 0.3 is 0 Å². The smallest absolute Gasteiger partial charge is 0.254 e. The van der Waals surface area contributed by atoms with Crippen LogP contribution >= 0.6 is 11.6 Å². The highest BCUT2D eigenvalue weighted by Crippen LogP contribution is 2.19. The van der Waals surface area contributed by atoms with Gasteiger partial charge in [0.25, 0.3) is 5.91 Å². The molecule has 1 saturated heterocycles. The van der Waals surface area contributed by atoms with Crippen molar-refractivity contribution < 1.29 is 4.79 Å². The molecule has 0 N–H and O–H groups in total. The lowest BCUT2D eigenvalue weighted by Gasteiger charge is -2.35. The third-order valence-corrected chi connectivity index (χ3v) is 4.44. The molecule has 1 aliphatic rings. The minimum absolute atomic E-state index is 0.0151. The first-order valence-corrected chi connectivity index (χ1v) is 8.64. The van der Waals surface area contributed by atoms with Crippen LogP contribution in [0.2, 0.25) is 5.02 Å². The van der Waals surface area contributed by atoms with E-state index in [1.165, 1.54) is 0 Å². The van der Waals surface area contributed by atoms with E-state index < -0.39 is 0 Å². The molecule has 0 aliphatic carbocycles. The molecular weight excluding hydrogens is 338 g/mol. The molecule has 1 aromatic heterocycles. The van der Waals surface area contributed by atoms with E-state index in [2.05, 4.69) is 14.9 Å². The zero-order valence-corrected chi connectivity index (χ0v) is 15.5. The Morgan fingerprint density at radius 2 is 1.84 bits per heavy atom. The summed E-state index contributed by atoms with van der Waals surface area (Å²) in [6.07, 6.45) is 0. The second kappa shape index (κ2) is 7.27. The quantitative estimate of drug-likeness (QED) is 0.842. The summed E-state index contributed by atoms with van der Waals surface area (Å²) >= 11 is 5.99. The van der Waals surface area contributed by atoms with Gasteiger partial charge in [-0.2, -0.15) is 4.98 Å². The van der Waals surface area contributed by atoms with Gasteiger partial charge in [-0.1, -0.05) is 17.7 Å². The number of anilines is 2. The van der Waals surface area contributed by atoms with Crippen LogP contribution in [0.15, 0.2) is 30.3 Å². The molecule has 132 valence electrons. The Kier molecular flexibility index (Phi) is 5.08. The van der Waals surface area contributed by atoms with E-state index in [0.717, 1.165) is 17.5 Å². The highest BCUT2D eigenvalue weighted by Gasteiger charge is 2.24. The first-order valence-electron chi connectivity index (χ1n) is 8.27. The molecule has 7 heteroatoms. The second-order valence-electron chi connectivity index (χ2n) is 6.35. The molecule has 1 fully saturated rings. The van der Waals surface area contributed by atoms with Crippen LogP contribution in [0, 0.1) is 6.92 Å². The van der Waals surface area contributed by atoms with Gasteiger partial charge in [-0.05, 0) is 25.1 Å². The molecule has 0 unspecified atom stereocenters. The van der Waals surface area contributed by atoms with Gasteiger partial charge in [-0.3, -0.25) is 4.79 Å². The van der Waals surface area contributed by atoms with Crippen molar-refractivity contribution in [3.8, 4) is 0 Å². The van der Waals surface area contributed by atoms with Gasteiger partial charge in [-0.15, -0.1) is 0 Å². The van der Waals surface area contributed by atoms with Gasteiger partial charge in [0.05, 0.1) is 0 Å². The molecule has 0 saturated carbocycles. The first kappa shape index (κ1) is 17.5. The van der Waals surface area contributed by atoms with Crippen LogP contribution in [0.3, 0.4) is 0 Å². The molecule has 2 heterocycles. The van der Waals surface area contributed by atoms with E-state index in [1.54, 1.807) is 24.3 Å². The molecule has 1 aliphatic heterocycles. The third-order valence-electron chi connectivity index (χ3n) is 4.21. The maximum Gasteiger partial charge on any atom is 0.254 e. The van der Waals surface area contributed by atoms with Crippen molar-refractivity contribution in [3.63, 3.8) is 0 Å². The molecular formula is C18H22ClN5O. The number of rotatable bonds is 3. The van der Waals surface area contributed by atoms with Gasteiger partial charge in [-0.25, -0.2) is 4.98 Å². The minimum Gasteiger partial charge on any atom is -0.363 e. The standard InChI is InChI=1S/C18H22ClN5O/c1-13-11-16(22(2)3)21-18(20-13)24-9-7-23(8-10-24)17(25)14-5-4-6-15(19)12-14/h4-6,11-12H,7-10H2,1-3H3. The Hall–Kier alpha value is -2.34. The predicted octanol–water partition coefficient (Wildman–Crippen LogP) is 2.47. The lowest BCUT2D eigenvalue weighted by Crippen LogP contribution is -2.49. The Bertz CT molecular complexity index is 772. The number of aryl methyl sites for hydroxylation is 1. The number of carbonyl (C=O) groups excluding carboxylic acids is 1. The summed E-state index contributed by atoms with van der Waals surface area (Å²) in [6.45, 7) is 4.67. The number of nitrogens with zero attached hydrogens (tertiary/aromatic N) is 5. The number of amides is 1. The summed E-state index contributed by atoms with van der Waals surface area (Å²) in [4.78, 5) is 27.7. The maximum absolute atomic E-state index is 12.6. The molecule has 0 atom stereocenters. The molecule has 0 spiro atoms. The largest absolute Gasteiger partial charge is 0.363 e. The summed E-state index contributed by atoms with van der Waals surface area (Å²) in [5.74, 6) is 1.62. The number of hydrogen-bond donors (Lipinski definition) is 0. The van der Waals surface area contributed by atoms with E-state index in [1.807, 2.05) is 36.9 Å². The van der Waals surface area contributed by atoms with Crippen LogP contribution in [-0.2, 0) is 0 Å². The van der Waals surface area contributed by atoms with Crippen LogP contribution in [-0.4, -0.2) is 61.0 Å². The third kappa shape index (κ3) is 4.02. The van der Waals surface area contributed by atoms with Gasteiger partial charge < -0.3 is 14.7 Å². The van der Waals surface area contributed by atoms with Crippen molar-refractivity contribution in [2.75, 3.05) is 50.1 Å². The second-order valence-corrected chi connectivity index (χ2v) is 6.79. The van der Waals surface area contributed by atoms with Crippen molar-refractivity contribution in [2.24, 2.45) is 0 Å². The highest BCUT2D eigenvalue weighted by molar-refractivity contribution is 6.30. The summed E-state index contributed by atoms with van der Waals surface area (Å²) in [5, 5.41) is 0.578. The lowest BCUT2D eigenvalue weighted by molar-refractivity contribution is 0.0746. The van der Waals surface area contributed by atoms with Crippen molar-refractivity contribution in [2.45, 2.75) is 6.92 Å². The zero-order chi connectivity index (χ0) is 18.0. The van der Waals surface area contributed by atoms with E-state index >= 15 is 0 Å². The average Bonchev–Trinajstić information content (AvgIpc) is 2.60. The van der Waals surface area contributed by atoms with Crippen molar-refractivity contribution in [3.05, 3.63) is 46.6 Å². The van der Waals surface area contributed by atoms with Crippen molar-refractivity contribution >= 4 is 29.3 Å². The van der Waals surface area contributed by atoms with E-state index in [9.17, 15) is 4.79 Å². The Morgan fingerprint density at radius 3 is 2.48 bits per heavy atom. The monoisotopic (exact) mass is 359 g/mol. The molecule has 0 bridgehead atoms. The average molecular weight is 360 g/mol. The van der Waals surface area contributed by atoms with E-state index in [-0.39, 0.29) is 5.91 Å². The summed E-state index contributed by atoms with van der Waals surface area (Å²) in [5.41, 5.74) is 1.56. The molecule has 0 radical (unpaired) electrons. The molecule has 25 heavy (non-hydrogen) atoms. The van der Waals surface area contributed by atoms with Gasteiger partial charge in [0.15, 0.2) is 0 Å². The van der Waals surface area contributed by atoms with Crippen LogP contribution < -0.4 is 9.80 Å². The van der Waals surface area contributed by atoms with Crippen LogP contribution in [0.5, 0.6) is 0 Å². The Labute approximate surface area is 153 Å². The molecule has 6 nitrogen and oxygen atoms in total. The van der Waals surface area contributed by atoms with Crippen LogP contribution in [0.1, 0.15) is 16.1 Å². The molecule has 3 rings (SSSR count). The normalized spacial score (nSPS) is 14.6. The van der Waals surface area contributed by atoms with Crippen LogP contribution in [0.4, 0.5) is 11.8 Å². The Balaban J connectivity index is 1.69. The van der Waals surface area contributed by atoms with Gasteiger partial charge in [0, 0.05) is 62.6 Å². The van der Waals surface area contributed by atoms with Crippen LogP contribution in [0.25, 0.3) is 0 Å². The summed E-state index contributed by atoms with van der Waals surface area (Å²) < 4.78 is 0. The fourth-order valence-corrected chi connectivity index (χ4v) is 3.01. The van der Waals surface area contributed by atoms with Crippen molar-refractivity contribution in [1.29, 1.82) is 0 Å². The van der Waals surface area contributed by atoms with E-state index in [0.29, 0.717) is 36.8 Å².